The Labute approximate surface area is 161 Å². The third kappa shape index (κ3) is 3.66. The Hall–Kier alpha value is -2.86. The van der Waals surface area contributed by atoms with Gasteiger partial charge in [0.1, 0.15) is 22.7 Å². The molecule has 0 saturated heterocycles. The second kappa shape index (κ2) is 7.04. The highest BCUT2D eigenvalue weighted by molar-refractivity contribution is 6.33. The summed E-state index contributed by atoms with van der Waals surface area (Å²) in [5, 5.41) is 7.12. The number of amides is 1. The van der Waals surface area contributed by atoms with Crippen molar-refractivity contribution in [2.45, 2.75) is 33.2 Å². The minimum atomic E-state index is -0.479. The number of anilines is 1. The molecule has 0 atom stereocenters. The van der Waals surface area contributed by atoms with Gasteiger partial charge in [-0.25, -0.2) is 0 Å². The lowest BCUT2D eigenvalue weighted by molar-refractivity contribution is 0.102. The van der Waals surface area contributed by atoms with Gasteiger partial charge in [0.25, 0.3) is 11.5 Å². The van der Waals surface area contributed by atoms with Gasteiger partial charge in [0, 0.05) is 17.3 Å². The SMILES string of the molecule is Cc1onc(-c2ccccc2Cl)c1C(=O)Nc1cccn(C(C)(C)C)c1=O. The molecule has 2 heterocycles. The predicted molar refractivity (Wildman–Crippen MR) is 105 cm³/mol. The molecule has 7 heteroatoms. The lowest BCUT2D eigenvalue weighted by Crippen LogP contribution is -2.35. The molecule has 0 saturated carbocycles. The maximum Gasteiger partial charge on any atom is 0.274 e. The summed E-state index contributed by atoms with van der Waals surface area (Å²) in [4.78, 5) is 25.6. The van der Waals surface area contributed by atoms with E-state index in [1.165, 1.54) is 0 Å². The molecule has 27 heavy (non-hydrogen) atoms. The van der Waals surface area contributed by atoms with Crippen LogP contribution in [0, 0.1) is 6.92 Å². The molecule has 0 unspecified atom stereocenters. The van der Waals surface area contributed by atoms with Crippen molar-refractivity contribution in [3.63, 3.8) is 0 Å². The first-order valence-electron chi connectivity index (χ1n) is 8.45. The van der Waals surface area contributed by atoms with Crippen molar-refractivity contribution in [2.75, 3.05) is 5.32 Å². The summed E-state index contributed by atoms with van der Waals surface area (Å²) in [6.45, 7) is 7.39. The van der Waals surface area contributed by atoms with Crippen molar-refractivity contribution < 1.29 is 9.32 Å². The number of nitrogens with zero attached hydrogens (tertiary/aromatic N) is 2. The number of pyridine rings is 1. The third-order valence-corrected chi connectivity index (χ3v) is 4.47. The van der Waals surface area contributed by atoms with E-state index in [2.05, 4.69) is 10.5 Å². The van der Waals surface area contributed by atoms with E-state index in [4.69, 9.17) is 16.1 Å². The zero-order valence-corrected chi connectivity index (χ0v) is 16.3. The number of aromatic nitrogens is 2. The van der Waals surface area contributed by atoms with Gasteiger partial charge in [0.15, 0.2) is 0 Å². The summed E-state index contributed by atoms with van der Waals surface area (Å²) in [5.74, 6) is -0.137. The Morgan fingerprint density at radius 3 is 2.56 bits per heavy atom. The van der Waals surface area contributed by atoms with Crippen LogP contribution in [0.15, 0.2) is 51.9 Å². The van der Waals surface area contributed by atoms with Crippen LogP contribution < -0.4 is 10.9 Å². The van der Waals surface area contributed by atoms with Gasteiger partial charge in [0.05, 0.1) is 5.02 Å². The van der Waals surface area contributed by atoms with E-state index < -0.39 is 11.4 Å². The Morgan fingerprint density at radius 1 is 1.19 bits per heavy atom. The molecule has 0 aliphatic rings. The number of carbonyl (C=O) groups excluding carboxylic acids is 1. The largest absolute Gasteiger partial charge is 0.360 e. The van der Waals surface area contributed by atoms with E-state index >= 15 is 0 Å². The number of carbonyl (C=O) groups is 1. The van der Waals surface area contributed by atoms with Crippen molar-refractivity contribution in [1.29, 1.82) is 0 Å². The fourth-order valence-electron chi connectivity index (χ4n) is 2.78. The zero-order valence-electron chi connectivity index (χ0n) is 15.5. The van der Waals surface area contributed by atoms with Gasteiger partial charge in [-0.1, -0.05) is 35.0 Å². The molecule has 0 bridgehead atoms. The van der Waals surface area contributed by atoms with Crippen LogP contribution in [0.4, 0.5) is 5.69 Å². The summed E-state index contributed by atoms with van der Waals surface area (Å²) in [6, 6.07) is 10.3. The molecule has 1 N–H and O–H groups in total. The highest BCUT2D eigenvalue weighted by Crippen LogP contribution is 2.31. The van der Waals surface area contributed by atoms with Crippen LogP contribution in [0.2, 0.25) is 5.02 Å². The number of hydrogen-bond acceptors (Lipinski definition) is 4. The van der Waals surface area contributed by atoms with Gasteiger partial charge in [-0.3, -0.25) is 9.59 Å². The van der Waals surface area contributed by atoms with Crippen LogP contribution in [-0.4, -0.2) is 15.6 Å². The average molecular weight is 386 g/mol. The molecule has 1 amide bonds. The van der Waals surface area contributed by atoms with Crippen LogP contribution in [-0.2, 0) is 5.54 Å². The molecule has 6 nitrogen and oxygen atoms in total. The summed E-state index contributed by atoms with van der Waals surface area (Å²) in [6.07, 6.45) is 1.69. The molecule has 140 valence electrons. The molecule has 0 aliphatic carbocycles. The Balaban J connectivity index is 2.01. The smallest absolute Gasteiger partial charge is 0.274 e. The molecule has 0 radical (unpaired) electrons. The van der Waals surface area contributed by atoms with E-state index in [9.17, 15) is 9.59 Å². The first kappa shape index (κ1) is 18.9. The highest BCUT2D eigenvalue weighted by Gasteiger charge is 2.24. The van der Waals surface area contributed by atoms with E-state index in [0.29, 0.717) is 22.0 Å². The van der Waals surface area contributed by atoms with Gasteiger partial charge < -0.3 is 14.4 Å². The second-order valence-corrected chi connectivity index (χ2v) is 7.57. The number of nitrogens with one attached hydrogen (secondary N) is 1. The minimum Gasteiger partial charge on any atom is -0.360 e. The Bertz CT molecular complexity index is 1060. The van der Waals surface area contributed by atoms with Crippen molar-refractivity contribution in [2.24, 2.45) is 0 Å². The minimum absolute atomic E-state index is 0.183. The lowest BCUT2D eigenvalue weighted by atomic mass is 10.1. The molecule has 0 aliphatic heterocycles. The number of aryl methyl sites for hydroxylation is 1. The van der Waals surface area contributed by atoms with E-state index in [1.54, 1.807) is 54.1 Å². The normalized spacial score (nSPS) is 11.4. The summed E-state index contributed by atoms with van der Waals surface area (Å²) in [5.41, 5.74) is 0.653. The summed E-state index contributed by atoms with van der Waals surface area (Å²) >= 11 is 6.23. The molecule has 3 rings (SSSR count). The topological polar surface area (TPSA) is 77.1 Å². The van der Waals surface area contributed by atoms with E-state index in [-0.39, 0.29) is 16.8 Å². The standard InChI is InChI=1S/C20H20ClN3O3/c1-12-16(17(23-27-12)13-8-5-6-9-14(13)21)18(25)22-15-10-7-11-24(19(15)26)20(2,3)4/h5-11H,1-4H3,(H,22,25). The molecule has 0 fully saturated rings. The van der Waals surface area contributed by atoms with Crippen molar-refractivity contribution in [3.05, 3.63) is 69.3 Å². The molecule has 3 aromatic rings. The van der Waals surface area contributed by atoms with Gasteiger partial charge in [-0.15, -0.1) is 0 Å². The van der Waals surface area contributed by atoms with E-state index in [1.807, 2.05) is 20.8 Å². The van der Waals surface area contributed by atoms with Crippen LogP contribution in [0.25, 0.3) is 11.3 Å². The first-order chi connectivity index (χ1) is 12.7. The molecular formula is C20H20ClN3O3. The zero-order chi connectivity index (χ0) is 19.8. The number of halogens is 1. The van der Waals surface area contributed by atoms with Gasteiger partial charge in [-0.2, -0.15) is 0 Å². The van der Waals surface area contributed by atoms with Gasteiger partial charge >= 0.3 is 0 Å². The van der Waals surface area contributed by atoms with Crippen molar-refractivity contribution >= 4 is 23.2 Å². The quantitative estimate of drug-likeness (QED) is 0.721. The summed E-state index contributed by atoms with van der Waals surface area (Å²) in [7, 11) is 0. The van der Waals surface area contributed by atoms with Crippen LogP contribution in [0.5, 0.6) is 0 Å². The lowest BCUT2D eigenvalue weighted by Gasteiger charge is -2.22. The van der Waals surface area contributed by atoms with Gasteiger partial charge in [0.2, 0.25) is 0 Å². The van der Waals surface area contributed by atoms with Gasteiger partial charge in [-0.05, 0) is 45.9 Å². The maximum absolute atomic E-state index is 12.9. The van der Waals surface area contributed by atoms with Crippen molar-refractivity contribution in [3.8, 4) is 11.3 Å². The summed E-state index contributed by atoms with van der Waals surface area (Å²) < 4.78 is 6.79. The maximum atomic E-state index is 12.9. The molecular weight excluding hydrogens is 366 g/mol. The fraction of sp³-hybridized carbons (Fsp3) is 0.250. The highest BCUT2D eigenvalue weighted by atomic mass is 35.5. The number of rotatable bonds is 3. The first-order valence-corrected chi connectivity index (χ1v) is 8.82. The Morgan fingerprint density at radius 2 is 1.89 bits per heavy atom. The molecule has 1 aromatic carbocycles. The average Bonchev–Trinajstić information content (AvgIpc) is 2.97. The molecule has 0 spiro atoms. The molecule has 2 aromatic heterocycles. The van der Waals surface area contributed by atoms with Crippen molar-refractivity contribution in [1.82, 2.24) is 9.72 Å². The predicted octanol–water partition coefficient (Wildman–Crippen LogP) is 4.47. The van der Waals surface area contributed by atoms with Crippen LogP contribution in [0.3, 0.4) is 0 Å². The van der Waals surface area contributed by atoms with Crippen LogP contribution >= 0.6 is 11.6 Å². The Kier molecular flexibility index (Phi) is 4.93. The third-order valence-electron chi connectivity index (χ3n) is 4.14. The van der Waals surface area contributed by atoms with Crippen LogP contribution in [0.1, 0.15) is 36.9 Å². The number of hydrogen-bond donors (Lipinski definition) is 1. The monoisotopic (exact) mass is 385 g/mol. The number of benzene rings is 1. The van der Waals surface area contributed by atoms with E-state index in [0.717, 1.165) is 0 Å². The second-order valence-electron chi connectivity index (χ2n) is 7.16. The fourth-order valence-corrected chi connectivity index (χ4v) is 3.00.